The summed E-state index contributed by atoms with van der Waals surface area (Å²) in [4.78, 5) is 26.8. The zero-order valence-corrected chi connectivity index (χ0v) is 16.2. The van der Waals surface area contributed by atoms with Crippen LogP contribution in [0, 0.1) is 0 Å². The van der Waals surface area contributed by atoms with Gasteiger partial charge in [0.05, 0.1) is 5.75 Å². The van der Waals surface area contributed by atoms with Crippen molar-refractivity contribution < 1.29 is 9.59 Å². The molecule has 2 aromatic carbocycles. The maximum absolute atomic E-state index is 12.9. The average Bonchev–Trinajstić information content (AvgIpc) is 2.69. The first-order chi connectivity index (χ1) is 12.7. The van der Waals surface area contributed by atoms with Gasteiger partial charge in [-0.05, 0) is 17.5 Å². The van der Waals surface area contributed by atoms with Crippen LogP contribution in [0.25, 0.3) is 0 Å². The Balaban J connectivity index is 2.05. The largest absolute Gasteiger partial charge is 0.357 e. The summed E-state index contributed by atoms with van der Waals surface area (Å²) in [5.41, 5.74) is 2.22. The van der Waals surface area contributed by atoms with Gasteiger partial charge >= 0.3 is 0 Å². The zero-order chi connectivity index (χ0) is 18.8. The third-order valence-electron chi connectivity index (χ3n) is 4.17. The minimum atomic E-state index is -0.454. The molecule has 1 N–H and O–H groups in total. The smallest absolute Gasteiger partial charge is 0.242 e. The summed E-state index contributed by atoms with van der Waals surface area (Å²) in [6.45, 7) is 2.37. The number of benzene rings is 2. The normalized spacial score (nSPS) is 11.6. The van der Waals surface area contributed by atoms with Crippen molar-refractivity contribution in [3.8, 4) is 0 Å². The molecule has 0 aliphatic rings. The predicted molar refractivity (Wildman–Crippen MR) is 108 cm³/mol. The Labute approximate surface area is 160 Å². The fraction of sp³-hybridized carbons (Fsp3) is 0.333. The van der Waals surface area contributed by atoms with E-state index in [4.69, 9.17) is 0 Å². The summed E-state index contributed by atoms with van der Waals surface area (Å²) in [7, 11) is 1.61. The van der Waals surface area contributed by atoms with Crippen molar-refractivity contribution in [2.45, 2.75) is 31.7 Å². The molecule has 0 heterocycles. The zero-order valence-electron chi connectivity index (χ0n) is 15.4. The van der Waals surface area contributed by atoms with Crippen LogP contribution in [0.4, 0.5) is 0 Å². The molecule has 0 unspecified atom stereocenters. The first-order valence-electron chi connectivity index (χ1n) is 8.82. The van der Waals surface area contributed by atoms with Gasteiger partial charge in [0, 0.05) is 19.3 Å². The van der Waals surface area contributed by atoms with Gasteiger partial charge in [0.15, 0.2) is 0 Å². The van der Waals surface area contributed by atoms with Gasteiger partial charge in [0.25, 0.3) is 0 Å². The maximum atomic E-state index is 12.9. The molecule has 2 aromatic rings. The number of likely N-dealkylation sites (N-methyl/N-ethyl adjacent to an activating group) is 1. The number of nitrogens with one attached hydrogen (secondary N) is 1. The monoisotopic (exact) mass is 370 g/mol. The van der Waals surface area contributed by atoms with E-state index in [0.717, 1.165) is 11.3 Å². The molecule has 138 valence electrons. The average molecular weight is 371 g/mol. The van der Waals surface area contributed by atoms with E-state index >= 15 is 0 Å². The summed E-state index contributed by atoms with van der Waals surface area (Å²) >= 11 is 1.58. The van der Waals surface area contributed by atoms with Crippen LogP contribution in [0.2, 0.25) is 0 Å². The van der Waals surface area contributed by atoms with Gasteiger partial charge in [0.1, 0.15) is 6.04 Å². The van der Waals surface area contributed by atoms with Gasteiger partial charge in [-0.2, -0.15) is 0 Å². The van der Waals surface area contributed by atoms with Crippen LogP contribution >= 0.6 is 11.8 Å². The fourth-order valence-corrected chi connectivity index (χ4v) is 3.65. The Bertz CT molecular complexity index is 692. The van der Waals surface area contributed by atoms with Crippen molar-refractivity contribution in [1.82, 2.24) is 10.2 Å². The van der Waals surface area contributed by atoms with Crippen LogP contribution in [-0.4, -0.2) is 35.6 Å². The lowest BCUT2D eigenvalue weighted by molar-refractivity contribution is -0.139. The molecule has 0 saturated carbocycles. The first-order valence-corrected chi connectivity index (χ1v) is 9.97. The summed E-state index contributed by atoms with van der Waals surface area (Å²) in [6.07, 6.45) is 0.585. The fourth-order valence-electron chi connectivity index (χ4n) is 2.78. The highest BCUT2D eigenvalue weighted by molar-refractivity contribution is 7.99. The number of carbonyl (C=O) groups excluding carboxylic acids is 2. The molecular formula is C21H26N2O2S. The molecule has 0 bridgehead atoms. The molecule has 5 heteroatoms. The van der Waals surface area contributed by atoms with E-state index < -0.39 is 6.04 Å². The van der Waals surface area contributed by atoms with Crippen LogP contribution in [-0.2, 0) is 21.9 Å². The van der Waals surface area contributed by atoms with Gasteiger partial charge in [-0.25, -0.2) is 0 Å². The summed E-state index contributed by atoms with van der Waals surface area (Å²) < 4.78 is 0. The number of hydrogen-bond acceptors (Lipinski definition) is 3. The Morgan fingerprint density at radius 1 is 1.00 bits per heavy atom. The maximum Gasteiger partial charge on any atom is 0.242 e. The van der Waals surface area contributed by atoms with Crippen molar-refractivity contribution in [2.24, 2.45) is 0 Å². The standard InChI is InChI=1S/C21H26N2O2S/c1-3-19(21(25)22-2)23(14-17-10-6-4-7-11-17)20(24)16-26-15-18-12-8-5-9-13-18/h4-13,19H,3,14-16H2,1-2H3,(H,22,25)/t19-/m1/s1. The van der Waals surface area contributed by atoms with E-state index in [1.165, 1.54) is 5.56 Å². The van der Waals surface area contributed by atoms with Crippen LogP contribution in [0.3, 0.4) is 0 Å². The third kappa shape index (κ3) is 5.92. The molecule has 26 heavy (non-hydrogen) atoms. The second-order valence-electron chi connectivity index (χ2n) is 6.02. The van der Waals surface area contributed by atoms with E-state index in [2.05, 4.69) is 17.4 Å². The quantitative estimate of drug-likeness (QED) is 0.735. The Hall–Kier alpha value is -2.27. The molecule has 2 rings (SSSR count). The van der Waals surface area contributed by atoms with Crippen molar-refractivity contribution in [3.05, 3.63) is 71.8 Å². The minimum Gasteiger partial charge on any atom is -0.357 e. The SMILES string of the molecule is CC[C@H](C(=O)NC)N(Cc1ccccc1)C(=O)CSCc1ccccc1. The molecule has 0 spiro atoms. The van der Waals surface area contributed by atoms with Crippen molar-refractivity contribution in [2.75, 3.05) is 12.8 Å². The van der Waals surface area contributed by atoms with Crippen LogP contribution in [0.5, 0.6) is 0 Å². The predicted octanol–water partition coefficient (Wildman–Crippen LogP) is 3.47. The summed E-state index contributed by atoms with van der Waals surface area (Å²) in [6, 6.07) is 19.4. The van der Waals surface area contributed by atoms with Gasteiger partial charge in [-0.1, -0.05) is 67.6 Å². The van der Waals surface area contributed by atoms with E-state index in [0.29, 0.717) is 18.7 Å². The molecule has 2 amide bonds. The van der Waals surface area contributed by atoms with E-state index in [1.807, 2.05) is 55.5 Å². The van der Waals surface area contributed by atoms with Crippen molar-refractivity contribution in [3.63, 3.8) is 0 Å². The Morgan fingerprint density at radius 3 is 2.12 bits per heavy atom. The Morgan fingerprint density at radius 2 is 1.58 bits per heavy atom. The van der Waals surface area contributed by atoms with E-state index in [1.54, 1.807) is 23.7 Å². The minimum absolute atomic E-state index is 0.00904. The number of rotatable bonds is 9. The lowest BCUT2D eigenvalue weighted by Crippen LogP contribution is -2.48. The van der Waals surface area contributed by atoms with Gasteiger partial charge in [-0.3, -0.25) is 9.59 Å². The highest BCUT2D eigenvalue weighted by Crippen LogP contribution is 2.17. The number of amides is 2. The molecule has 0 radical (unpaired) electrons. The lowest BCUT2D eigenvalue weighted by atomic mass is 10.1. The molecule has 0 fully saturated rings. The first kappa shape index (κ1) is 20.0. The number of carbonyl (C=O) groups is 2. The van der Waals surface area contributed by atoms with Crippen molar-refractivity contribution >= 4 is 23.6 Å². The van der Waals surface area contributed by atoms with Gasteiger partial charge < -0.3 is 10.2 Å². The number of nitrogens with zero attached hydrogens (tertiary/aromatic N) is 1. The van der Waals surface area contributed by atoms with Gasteiger partial charge in [-0.15, -0.1) is 11.8 Å². The molecule has 1 atom stereocenters. The van der Waals surface area contributed by atoms with Gasteiger partial charge in [0.2, 0.25) is 11.8 Å². The topological polar surface area (TPSA) is 49.4 Å². The van der Waals surface area contributed by atoms with E-state index in [-0.39, 0.29) is 11.8 Å². The second-order valence-corrected chi connectivity index (χ2v) is 7.01. The second kappa shape index (κ2) is 10.7. The summed E-state index contributed by atoms with van der Waals surface area (Å²) in [5, 5.41) is 2.68. The number of thioether (sulfide) groups is 1. The van der Waals surface area contributed by atoms with Crippen LogP contribution < -0.4 is 5.32 Å². The highest BCUT2D eigenvalue weighted by atomic mass is 32.2. The molecular weight excluding hydrogens is 344 g/mol. The third-order valence-corrected chi connectivity index (χ3v) is 5.15. The molecule has 4 nitrogen and oxygen atoms in total. The lowest BCUT2D eigenvalue weighted by Gasteiger charge is -2.30. The highest BCUT2D eigenvalue weighted by Gasteiger charge is 2.27. The van der Waals surface area contributed by atoms with Crippen molar-refractivity contribution in [1.29, 1.82) is 0 Å². The molecule has 0 saturated heterocycles. The Kier molecular flexibility index (Phi) is 8.22. The van der Waals surface area contributed by atoms with E-state index in [9.17, 15) is 9.59 Å². The number of hydrogen-bond donors (Lipinski definition) is 1. The van der Waals surface area contributed by atoms with Crippen LogP contribution in [0.1, 0.15) is 24.5 Å². The summed E-state index contributed by atoms with van der Waals surface area (Å²) in [5.74, 6) is 1.01. The molecule has 0 aliphatic heterocycles. The molecule has 0 aromatic heterocycles. The van der Waals surface area contributed by atoms with Crippen LogP contribution in [0.15, 0.2) is 60.7 Å². The molecule has 0 aliphatic carbocycles.